The van der Waals surface area contributed by atoms with Crippen molar-refractivity contribution in [3.63, 3.8) is 0 Å². The van der Waals surface area contributed by atoms with E-state index in [9.17, 15) is 13.6 Å². The first-order chi connectivity index (χ1) is 14.9. The zero-order valence-electron chi connectivity index (χ0n) is 16.6. The number of anilines is 1. The number of ether oxygens (including phenoxy) is 1. The van der Waals surface area contributed by atoms with Gasteiger partial charge in [0.2, 0.25) is 0 Å². The predicted octanol–water partition coefficient (Wildman–Crippen LogP) is 5.94. The largest absolute Gasteiger partial charge is 0.435 e. The van der Waals surface area contributed by atoms with Gasteiger partial charge in [-0.2, -0.15) is 8.78 Å². The standard InChI is InChI=1S/C22H17F2N3O3S/c1-12-17(19(27-30-12)14-6-4-3-5-7-14)20(28)26-22-25-18(13(2)31-22)15-8-10-16(11-9-15)29-21(23)24/h3-11,21H,1-2H3,(H,25,26,28). The van der Waals surface area contributed by atoms with Crippen LogP contribution in [0.1, 0.15) is 21.0 Å². The monoisotopic (exact) mass is 441 g/mol. The minimum Gasteiger partial charge on any atom is -0.435 e. The summed E-state index contributed by atoms with van der Waals surface area (Å²) in [4.78, 5) is 18.3. The highest BCUT2D eigenvalue weighted by Gasteiger charge is 2.23. The fourth-order valence-corrected chi connectivity index (χ4v) is 3.94. The number of benzene rings is 2. The lowest BCUT2D eigenvalue weighted by atomic mass is 10.1. The lowest BCUT2D eigenvalue weighted by Crippen LogP contribution is -2.13. The Hall–Kier alpha value is -3.59. The van der Waals surface area contributed by atoms with Crippen LogP contribution in [0.5, 0.6) is 5.75 Å². The number of hydrogen-bond donors (Lipinski definition) is 1. The van der Waals surface area contributed by atoms with Crippen LogP contribution in [0.15, 0.2) is 59.1 Å². The number of nitrogens with zero attached hydrogens (tertiary/aromatic N) is 2. The Labute approximate surface area is 180 Å². The van der Waals surface area contributed by atoms with Gasteiger partial charge in [-0.05, 0) is 38.1 Å². The van der Waals surface area contributed by atoms with Gasteiger partial charge >= 0.3 is 6.61 Å². The highest BCUT2D eigenvalue weighted by atomic mass is 32.1. The van der Waals surface area contributed by atoms with E-state index < -0.39 is 6.61 Å². The number of halogens is 2. The molecular formula is C22H17F2N3O3S. The summed E-state index contributed by atoms with van der Waals surface area (Å²) < 4.78 is 34.3. The van der Waals surface area contributed by atoms with Crippen LogP contribution in [-0.2, 0) is 0 Å². The van der Waals surface area contributed by atoms with Crippen LogP contribution < -0.4 is 10.1 Å². The van der Waals surface area contributed by atoms with Crippen molar-refractivity contribution in [3.05, 3.63) is 70.8 Å². The number of rotatable bonds is 6. The Morgan fingerprint density at radius 3 is 2.39 bits per heavy atom. The summed E-state index contributed by atoms with van der Waals surface area (Å²) in [6, 6.07) is 15.5. The Balaban J connectivity index is 1.57. The van der Waals surface area contributed by atoms with Gasteiger partial charge in [-0.25, -0.2) is 4.98 Å². The van der Waals surface area contributed by atoms with Crippen molar-refractivity contribution < 1.29 is 22.8 Å². The number of aromatic nitrogens is 2. The minimum atomic E-state index is -2.88. The zero-order valence-corrected chi connectivity index (χ0v) is 17.4. The highest BCUT2D eigenvalue weighted by Crippen LogP contribution is 2.33. The number of nitrogens with one attached hydrogen (secondary N) is 1. The van der Waals surface area contributed by atoms with Gasteiger partial charge in [0.15, 0.2) is 5.13 Å². The summed E-state index contributed by atoms with van der Waals surface area (Å²) in [5, 5.41) is 7.25. The van der Waals surface area contributed by atoms with Crippen molar-refractivity contribution in [3.8, 4) is 28.3 Å². The van der Waals surface area contributed by atoms with Crippen LogP contribution in [0, 0.1) is 13.8 Å². The molecule has 2 aromatic heterocycles. The molecule has 0 aliphatic carbocycles. The molecule has 0 saturated heterocycles. The molecule has 1 N–H and O–H groups in total. The van der Waals surface area contributed by atoms with Crippen LogP contribution in [0.4, 0.5) is 13.9 Å². The molecule has 31 heavy (non-hydrogen) atoms. The average Bonchev–Trinajstić information content (AvgIpc) is 3.31. The van der Waals surface area contributed by atoms with Crippen LogP contribution >= 0.6 is 11.3 Å². The number of thiazole rings is 1. The number of carbonyl (C=O) groups is 1. The van der Waals surface area contributed by atoms with Crippen LogP contribution in [0.3, 0.4) is 0 Å². The second-order valence-corrected chi connectivity index (χ2v) is 7.81. The number of alkyl halides is 2. The van der Waals surface area contributed by atoms with Gasteiger partial charge in [0.1, 0.15) is 22.8 Å². The lowest BCUT2D eigenvalue weighted by Gasteiger charge is -2.05. The Kier molecular flexibility index (Phi) is 5.77. The molecule has 1 amide bonds. The maximum atomic E-state index is 13.0. The third kappa shape index (κ3) is 4.46. The Morgan fingerprint density at radius 2 is 1.71 bits per heavy atom. The summed E-state index contributed by atoms with van der Waals surface area (Å²) in [7, 11) is 0. The summed E-state index contributed by atoms with van der Waals surface area (Å²) in [6.07, 6.45) is 0. The molecule has 0 aliphatic rings. The maximum absolute atomic E-state index is 13.0. The van der Waals surface area contributed by atoms with E-state index in [2.05, 4.69) is 20.2 Å². The van der Waals surface area contributed by atoms with E-state index in [0.29, 0.717) is 27.8 Å². The molecule has 2 aromatic carbocycles. The molecule has 0 aliphatic heterocycles. The average molecular weight is 441 g/mol. The summed E-state index contributed by atoms with van der Waals surface area (Å²) in [5.74, 6) is 0.0922. The van der Waals surface area contributed by atoms with Gasteiger partial charge in [-0.3, -0.25) is 10.1 Å². The number of carbonyl (C=O) groups excluding carboxylic acids is 1. The molecule has 0 saturated carbocycles. The normalized spacial score (nSPS) is 11.0. The van der Waals surface area contributed by atoms with Crippen molar-refractivity contribution in [1.82, 2.24) is 10.1 Å². The molecule has 158 valence electrons. The summed E-state index contributed by atoms with van der Waals surface area (Å²) in [5.41, 5.74) is 2.94. The number of amides is 1. The molecule has 6 nitrogen and oxygen atoms in total. The molecular weight excluding hydrogens is 424 g/mol. The minimum absolute atomic E-state index is 0.0662. The van der Waals surface area contributed by atoms with Crippen LogP contribution in [0.2, 0.25) is 0 Å². The van der Waals surface area contributed by atoms with Crippen molar-refractivity contribution in [2.24, 2.45) is 0 Å². The van der Waals surface area contributed by atoms with Gasteiger partial charge in [0.05, 0.1) is 5.69 Å². The second-order valence-electron chi connectivity index (χ2n) is 6.61. The number of hydrogen-bond acceptors (Lipinski definition) is 6. The van der Waals surface area contributed by atoms with E-state index in [1.807, 2.05) is 37.3 Å². The van der Waals surface area contributed by atoms with Crippen LogP contribution in [-0.4, -0.2) is 22.7 Å². The maximum Gasteiger partial charge on any atom is 0.387 e. The number of aryl methyl sites for hydroxylation is 2. The van der Waals surface area contributed by atoms with Crippen molar-refractivity contribution in [2.75, 3.05) is 5.32 Å². The van der Waals surface area contributed by atoms with Gasteiger partial charge < -0.3 is 9.26 Å². The van der Waals surface area contributed by atoms with E-state index in [4.69, 9.17) is 4.52 Å². The summed E-state index contributed by atoms with van der Waals surface area (Å²) >= 11 is 1.31. The van der Waals surface area contributed by atoms with Crippen molar-refractivity contribution in [1.29, 1.82) is 0 Å². The van der Waals surface area contributed by atoms with E-state index in [0.717, 1.165) is 16.0 Å². The van der Waals surface area contributed by atoms with Crippen molar-refractivity contribution in [2.45, 2.75) is 20.5 Å². The predicted molar refractivity (Wildman–Crippen MR) is 114 cm³/mol. The van der Waals surface area contributed by atoms with E-state index >= 15 is 0 Å². The van der Waals surface area contributed by atoms with E-state index in [-0.39, 0.29) is 11.7 Å². The first-order valence-corrected chi connectivity index (χ1v) is 10.1. The third-order valence-electron chi connectivity index (χ3n) is 4.51. The van der Waals surface area contributed by atoms with Gasteiger partial charge in [-0.15, -0.1) is 11.3 Å². The Morgan fingerprint density at radius 1 is 1.03 bits per heavy atom. The first kappa shape index (κ1) is 20.7. The van der Waals surface area contributed by atoms with Crippen LogP contribution in [0.25, 0.3) is 22.5 Å². The first-order valence-electron chi connectivity index (χ1n) is 9.28. The Bertz CT molecular complexity index is 1200. The molecule has 4 aromatic rings. The van der Waals surface area contributed by atoms with Crippen molar-refractivity contribution >= 4 is 22.4 Å². The third-order valence-corrected chi connectivity index (χ3v) is 5.39. The van der Waals surface area contributed by atoms with E-state index in [1.54, 1.807) is 19.1 Å². The molecule has 0 bridgehead atoms. The molecule has 0 fully saturated rings. The molecule has 0 unspecified atom stereocenters. The molecule has 0 atom stereocenters. The zero-order chi connectivity index (χ0) is 22.0. The topological polar surface area (TPSA) is 77.3 Å². The molecule has 9 heteroatoms. The van der Waals surface area contributed by atoms with Gasteiger partial charge in [0, 0.05) is 16.0 Å². The lowest BCUT2D eigenvalue weighted by molar-refractivity contribution is -0.0498. The fraction of sp³-hybridized carbons (Fsp3) is 0.136. The molecule has 0 spiro atoms. The van der Waals surface area contributed by atoms with Gasteiger partial charge in [0.25, 0.3) is 5.91 Å². The molecule has 0 radical (unpaired) electrons. The smallest absolute Gasteiger partial charge is 0.387 e. The molecule has 4 rings (SSSR count). The van der Waals surface area contributed by atoms with E-state index in [1.165, 1.54) is 23.5 Å². The van der Waals surface area contributed by atoms with Gasteiger partial charge in [-0.1, -0.05) is 35.5 Å². The molecule has 2 heterocycles. The quantitative estimate of drug-likeness (QED) is 0.401. The summed E-state index contributed by atoms with van der Waals surface area (Å²) in [6.45, 7) is 0.665. The highest BCUT2D eigenvalue weighted by molar-refractivity contribution is 7.16. The second kappa shape index (κ2) is 8.65. The fourth-order valence-electron chi connectivity index (χ4n) is 3.10. The SMILES string of the molecule is Cc1onc(-c2ccccc2)c1C(=O)Nc1nc(-c2ccc(OC(F)F)cc2)c(C)s1.